The highest BCUT2D eigenvalue weighted by molar-refractivity contribution is 5.68. The van der Waals surface area contributed by atoms with E-state index in [1.54, 1.807) is 7.11 Å². The van der Waals surface area contributed by atoms with Crippen LogP contribution >= 0.6 is 0 Å². The Bertz CT molecular complexity index is 573. The van der Waals surface area contributed by atoms with E-state index in [9.17, 15) is 9.90 Å². The van der Waals surface area contributed by atoms with Crippen molar-refractivity contribution in [3.8, 4) is 0 Å². The van der Waals surface area contributed by atoms with Crippen LogP contribution in [0.2, 0.25) is 0 Å². The smallest absolute Gasteiger partial charge is 0.407 e. The molecule has 1 aromatic rings. The van der Waals surface area contributed by atoms with Gasteiger partial charge in [-0.2, -0.15) is 0 Å². The molecule has 27 heavy (non-hydrogen) atoms. The average molecular weight is 379 g/mol. The molecule has 1 aromatic carbocycles. The number of nitrogens with one attached hydrogen (secondary N) is 1. The minimum absolute atomic E-state index is 0.323. The van der Waals surface area contributed by atoms with Gasteiger partial charge < -0.3 is 19.9 Å². The first-order chi connectivity index (χ1) is 12.8. The summed E-state index contributed by atoms with van der Waals surface area (Å²) < 4.78 is 10.7. The molecule has 1 aliphatic rings. The van der Waals surface area contributed by atoms with Crippen molar-refractivity contribution in [2.75, 3.05) is 26.8 Å². The Balaban J connectivity index is 2.04. The summed E-state index contributed by atoms with van der Waals surface area (Å²) in [4.78, 5) is 14.5. The predicted octanol–water partition coefficient (Wildman–Crippen LogP) is 2.59. The van der Waals surface area contributed by atoms with Crippen LogP contribution in [0, 0.1) is 0 Å². The number of aliphatic hydroxyl groups is 1. The number of likely N-dealkylation sites (tertiary alicyclic amines) is 1. The summed E-state index contributed by atoms with van der Waals surface area (Å²) >= 11 is 0. The zero-order chi connectivity index (χ0) is 19.9. The van der Waals surface area contributed by atoms with E-state index in [0.717, 1.165) is 24.9 Å². The number of nitrogens with zero attached hydrogens (tertiary/aromatic N) is 1. The summed E-state index contributed by atoms with van der Waals surface area (Å²) in [6, 6.07) is 9.77. The molecule has 0 saturated carbocycles. The van der Waals surface area contributed by atoms with E-state index >= 15 is 0 Å². The fourth-order valence-corrected chi connectivity index (χ4v) is 3.49. The summed E-state index contributed by atoms with van der Waals surface area (Å²) in [7, 11) is 1.70. The summed E-state index contributed by atoms with van der Waals surface area (Å²) in [6.07, 6.45) is 1.52. The Morgan fingerprint density at radius 1 is 1.33 bits per heavy atom. The number of carbonyl (C=O) groups is 1. The third-order valence-electron chi connectivity index (χ3n) is 4.74. The monoisotopic (exact) mass is 378 g/mol. The normalized spacial score (nSPS) is 20.3. The van der Waals surface area contributed by atoms with Crippen LogP contribution in [-0.2, 0) is 15.9 Å². The zero-order valence-electron chi connectivity index (χ0n) is 17.0. The van der Waals surface area contributed by atoms with Crippen LogP contribution in [0.1, 0.15) is 39.2 Å². The maximum Gasteiger partial charge on any atom is 0.407 e. The predicted molar refractivity (Wildman–Crippen MR) is 106 cm³/mol. The molecule has 0 radical (unpaired) electrons. The first kappa shape index (κ1) is 21.7. The van der Waals surface area contributed by atoms with E-state index < -0.39 is 23.8 Å². The van der Waals surface area contributed by atoms with Gasteiger partial charge in [0.2, 0.25) is 0 Å². The maximum absolute atomic E-state index is 12.3. The number of benzene rings is 1. The highest BCUT2D eigenvalue weighted by atomic mass is 16.6. The Morgan fingerprint density at radius 3 is 2.67 bits per heavy atom. The van der Waals surface area contributed by atoms with E-state index in [0.29, 0.717) is 25.6 Å². The lowest BCUT2D eigenvalue weighted by atomic mass is 10.0. The van der Waals surface area contributed by atoms with Gasteiger partial charge in [-0.15, -0.1) is 0 Å². The maximum atomic E-state index is 12.3. The van der Waals surface area contributed by atoms with Crippen molar-refractivity contribution in [2.24, 2.45) is 0 Å². The Hall–Kier alpha value is -1.63. The molecule has 0 bridgehead atoms. The van der Waals surface area contributed by atoms with Crippen molar-refractivity contribution in [1.82, 2.24) is 10.2 Å². The number of amides is 1. The molecule has 1 heterocycles. The number of β-amino-alcohol motifs (C(OH)–C–C–N with tert-alkyl or cyclic N) is 1. The molecular weight excluding hydrogens is 344 g/mol. The SMILES string of the molecule is COC[C@@H]1CCCN1C[C@H](O)[C@@H](Cc1ccccc1)NC(=O)OC(C)(C)C. The van der Waals surface area contributed by atoms with E-state index in [1.165, 1.54) is 0 Å². The summed E-state index contributed by atoms with van der Waals surface area (Å²) in [6.45, 7) is 7.59. The van der Waals surface area contributed by atoms with Crippen molar-refractivity contribution < 1.29 is 19.4 Å². The lowest BCUT2D eigenvalue weighted by molar-refractivity contribution is 0.0305. The van der Waals surface area contributed by atoms with Crippen LogP contribution in [0.4, 0.5) is 4.79 Å². The molecule has 6 heteroatoms. The van der Waals surface area contributed by atoms with Crippen molar-refractivity contribution in [3.63, 3.8) is 0 Å². The molecule has 0 aromatic heterocycles. The molecule has 1 amide bonds. The molecule has 6 nitrogen and oxygen atoms in total. The minimum atomic E-state index is -0.699. The Morgan fingerprint density at radius 2 is 2.04 bits per heavy atom. The van der Waals surface area contributed by atoms with Crippen LogP contribution < -0.4 is 5.32 Å². The third kappa shape index (κ3) is 7.48. The summed E-state index contributed by atoms with van der Waals surface area (Å²) in [5.74, 6) is 0. The molecule has 0 spiro atoms. The fourth-order valence-electron chi connectivity index (χ4n) is 3.49. The van der Waals surface area contributed by atoms with Crippen molar-refractivity contribution in [2.45, 2.75) is 63.8 Å². The van der Waals surface area contributed by atoms with Crippen LogP contribution in [0.25, 0.3) is 0 Å². The standard InChI is InChI=1S/C21H34N2O4/c1-21(2,3)27-20(25)22-18(13-16-9-6-5-7-10-16)19(24)14-23-12-8-11-17(23)15-26-4/h5-7,9-10,17-19,24H,8,11-15H2,1-4H3,(H,22,25)/t17-,18+,19-/m0/s1. The summed E-state index contributed by atoms with van der Waals surface area (Å²) in [5, 5.41) is 13.8. The number of methoxy groups -OCH3 is 1. The lowest BCUT2D eigenvalue weighted by Crippen LogP contribution is -2.51. The highest BCUT2D eigenvalue weighted by Crippen LogP contribution is 2.19. The van der Waals surface area contributed by atoms with Crippen molar-refractivity contribution in [1.29, 1.82) is 0 Å². The molecule has 1 saturated heterocycles. The van der Waals surface area contributed by atoms with Gasteiger partial charge in [0.05, 0.1) is 18.8 Å². The lowest BCUT2D eigenvalue weighted by Gasteiger charge is -2.31. The zero-order valence-corrected chi connectivity index (χ0v) is 17.0. The molecule has 3 atom stereocenters. The van der Waals surface area contributed by atoms with Crippen molar-refractivity contribution >= 4 is 6.09 Å². The molecule has 152 valence electrons. The molecule has 2 N–H and O–H groups in total. The fraction of sp³-hybridized carbons (Fsp3) is 0.667. The number of carbonyl (C=O) groups excluding carboxylic acids is 1. The highest BCUT2D eigenvalue weighted by Gasteiger charge is 2.31. The number of rotatable bonds is 8. The first-order valence-corrected chi connectivity index (χ1v) is 9.73. The van der Waals surface area contributed by atoms with Crippen LogP contribution in [0.3, 0.4) is 0 Å². The molecule has 1 aliphatic heterocycles. The molecule has 1 fully saturated rings. The van der Waals surface area contributed by atoms with Gasteiger partial charge in [-0.25, -0.2) is 4.79 Å². The first-order valence-electron chi connectivity index (χ1n) is 9.73. The Kier molecular flexibility index (Phi) is 8.07. The van der Waals surface area contributed by atoms with Gasteiger partial charge in [-0.3, -0.25) is 4.90 Å². The van der Waals surface area contributed by atoms with Gasteiger partial charge in [-0.05, 0) is 52.1 Å². The topological polar surface area (TPSA) is 71.0 Å². The quantitative estimate of drug-likeness (QED) is 0.728. The van der Waals surface area contributed by atoms with Gasteiger partial charge in [0.25, 0.3) is 0 Å². The van der Waals surface area contributed by atoms with Gasteiger partial charge in [-0.1, -0.05) is 30.3 Å². The van der Waals surface area contributed by atoms with Gasteiger partial charge in [0, 0.05) is 19.7 Å². The Labute approximate surface area is 162 Å². The van der Waals surface area contributed by atoms with Gasteiger partial charge in [0.1, 0.15) is 5.60 Å². The van der Waals surface area contributed by atoms with Crippen LogP contribution in [0.5, 0.6) is 0 Å². The van der Waals surface area contributed by atoms with Crippen molar-refractivity contribution in [3.05, 3.63) is 35.9 Å². The average Bonchev–Trinajstić information content (AvgIpc) is 3.01. The number of aliphatic hydroxyl groups excluding tert-OH is 1. The van der Waals surface area contributed by atoms with Crippen LogP contribution in [0.15, 0.2) is 30.3 Å². The minimum Gasteiger partial charge on any atom is -0.444 e. The van der Waals surface area contributed by atoms with Gasteiger partial charge in [0.15, 0.2) is 0 Å². The summed E-state index contributed by atoms with van der Waals surface area (Å²) in [5.41, 5.74) is 0.484. The van der Waals surface area contributed by atoms with E-state index in [2.05, 4.69) is 10.2 Å². The van der Waals surface area contributed by atoms with E-state index in [1.807, 2.05) is 51.1 Å². The molecule has 2 rings (SSSR count). The second kappa shape index (κ2) is 10.1. The van der Waals surface area contributed by atoms with Gasteiger partial charge >= 0.3 is 6.09 Å². The number of hydrogen-bond acceptors (Lipinski definition) is 5. The molecular formula is C21H34N2O4. The van der Waals surface area contributed by atoms with E-state index in [4.69, 9.17) is 9.47 Å². The molecule has 0 aliphatic carbocycles. The van der Waals surface area contributed by atoms with E-state index in [-0.39, 0.29) is 0 Å². The number of alkyl carbamates (subject to hydrolysis) is 1. The number of hydrogen-bond donors (Lipinski definition) is 2. The third-order valence-corrected chi connectivity index (χ3v) is 4.74. The largest absolute Gasteiger partial charge is 0.444 e. The van der Waals surface area contributed by atoms with Crippen LogP contribution in [-0.4, -0.2) is 66.7 Å². The second-order valence-electron chi connectivity index (χ2n) is 8.26. The number of ether oxygens (including phenoxy) is 2. The molecule has 0 unspecified atom stereocenters. The second-order valence-corrected chi connectivity index (χ2v) is 8.26.